The minimum Gasteiger partial charge on any atom is -0.503 e. The van der Waals surface area contributed by atoms with Gasteiger partial charge in [0.15, 0.2) is 11.5 Å². The number of aliphatic hydroxyl groups is 1. The number of hydrogen-bond acceptors (Lipinski definition) is 5. The van der Waals surface area contributed by atoms with Gasteiger partial charge in [0.1, 0.15) is 0 Å². The van der Waals surface area contributed by atoms with Crippen molar-refractivity contribution in [2.45, 2.75) is 6.04 Å². The SMILES string of the molecule is O=C(C1=C(O)C(=O)N(c2ccccc2)[C@H]1c1cccnc1)c1ccco1. The average molecular weight is 346 g/mol. The zero-order chi connectivity index (χ0) is 18.1. The molecule has 1 atom stereocenters. The Labute approximate surface area is 149 Å². The molecule has 4 rings (SSSR count). The summed E-state index contributed by atoms with van der Waals surface area (Å²) in [6.45, 7) is 0. The fourth-order valence-corrected chi connectivity index (χ4v) is 3.09. The highest BCUT2D eigenvalue weighted by molar-refractivity contribution is 6.20. The van der Waals surface area contributed by atoms with Crippen molar-refractivity contribution in [3.63, 3.8) is 0 Å². The minimum absolute atomic E-state index is 0.0261. The quantitative estimate of drug-likeness (QED) is 0.732. The number of aromatic nitrogens is 1. The zero-order valence-electron chi connectivity index (χ0n) is 13.6. The molecule has 1 aliphatic rings. The Bertz CT molecular complexity index is 979. The molecule has 1 amide bonds. The van der Waals surface area contributed by atoms with E-state index in [1.165, 1.54) is 17.2 Å². The molecule has 26 heavy (non-hydrogen) atoms. The van der Waals surface area contributed by atoms with E-state index in [1.54, 1.807) is 54.9 Å². The van der Waals surface area contributed by atoms with E-state index < -0.39 is 23.5 Å². The van der Waals surface area contributed by atoms with E-state index in [4.69, 9.17) is 4.42 Å². The van der Waals surface area contributed by atoms with Gasteiger partial charge in [-0.05, 0) is 35.9 Å². The third-order valence-electron chi connectivity index (χ3n) is 4.23. The lowest BCUT2D eigenvalue weighted by Gasteiger charge is -2.26. The van der Waals surface area contributed by atoms with Crippen LogP contribution in [0, 0.1) is 0 Å². The Balaban J connectivity index is 1.88. The maximum absolute atomic E-state index is 12.9. The van der Waals surface area contributed by atoms with Crippen molar-refractivity contribution in [2.24, 2.45) is 0 Å². The molecule has 0 spiro atoms. The molecule has 0 saturated heterocycles. The van der Waals surface area contributed by atoms with Crippen molar-refractivity contribution in [3.05, 3.63) is 95.9 Å². The lowest BCUT2D eigenvalue weighted by molar-refractivity contribution is -0.117. The molecule has 3 heterocycles. The highest BCUT2D eigenvalue weighted by atomic mass is 16.3. The molecule has 3 aromatic rings. The molecule has 0 aliphatic carbocycles. The normalized spacial score (nSPS) is 17.0. The van der Waals surface area contributed by atoms with Crippen molar-refractivity contribution in [1.82, 2.24) is 4.98 Å². The second-order valence-electron chi connectivity index (χ2n) is 5.77. The first kappa shape index (κ1) is 15.8. The summed E-state index contributed by atoms with van der Waals surface area (Å²) in [6, 6.07) is 14.6. The van der Waals surface area contributed by atoms with Crippen LogP contribution in [0.1, 0.15) is 22.2 Å². The van der Waals surface area contributed by atoms with Crippen LogP contribution >= 0.6 is 0 Å². The third-order valence-corrected chi connectivity index (χ3v) is 4.23. The first-order chi connectivity index (χ1) is 12.7. The van der Waals surface area contributed by atoms with Gasteiger partial charge in [0, 0.05) is 18.1 Å². The van der Waals surface area contributed by atoms with Crippen LogP contribution in [0.15, 0.2) is 89.0 Å². The largest absolute Gasteiger partial charge is 0.503 e. The van der Waals surface area contributed by atoms with E-state index >= 15 is 0 Å². The predicted octanol–water partition coefficient (Wildman–Crippen LogP) is 3.46. The third kappa shape index (κ3) is 2.48. The number of para-hydroxylation sites is 1. The fourth-order valence-electron chi connectivity index (χ4n) is 3.09. The molecule has 2 aromatic heterocycles. The van der Waals surface area contributed by atoms with E-state index in [2.05, 4.69) is 4.98 Å². The predicted molar refractivity (Wildman–Crippen MR) is 93.6 cm³/mol. The van der Waals surface area contributed by atoms with Gasteiger partial charge in [0.05, 0.1) is 17.9 Å². The van der Waals surface area contributed by atoms with Crippen LogP contribution in [-0.2, 0) is 4.79 Å². The average Bonchev–Trinajstić information content (AvgIpc) is 3.31. The summed E-state index contributed by atoms with van der Waals surface area (Å²) in [5.41, 5.74) is 1.16. The van der Waals surface area contributed by atoms with E-state index in [9.17, 15) is 14.7 Å². The molecule has 0 saturated carbocycles. The Morgan fingerprint density at radius 1 is 1.08 bits per heavy atom. The molecule has 0 fully saturated rings. The van der Waals surface area contributed by atoms with E-state index in [0.29, 0.717) is 11.3 Å². The zero-order valence-corrected chi connectivity index (χ0v) is 13.6. The number of furan rings is 1. The molecule has 0 radical (unpaired) electrons. The van der Waals surface area contributed by atoms with Gasteiger partial charge in [-0.15, -0.1) is 0 Å². The molecule has 6 heteroatoms. The van der Waals surface area contributed by atoms with Crippen molar-refractivity contribution >= 4 is 17.4 Å². The summed E-state index contributed by atoms with van der Waals surface area (Å²) in [6.07, 6.45) is 4.54. The van der Waals surface area contributed by atoms with Crippen LogP contribution in [0.3, 0.4) is 0 Å². The molecule has 6 nitrogen and oxygen atoms in total. The Hall–Kier alpha value is -3.67. The number of hydrogen-bond donors (Lipinski definition) is 1. The van der Waals surface area contributed by atoms with Crippen molar-refractivity contribution in [2.75, 3.05) is 4.90 Å². The maximum Gasteiger partial charge on any atom is 0.294 e. The maximum atomic E-state index is 12.9. The van der Waals surface area contributed by atoms with Gasteiger partial charge in [-0.25, -0.2) is 0 Å². The van der Waals surface area contributed by atoms with Crippen molar-refractivity contribution in [1.29, 1.82) is 0 Å². The standard InChI is InChI=1S/C20H14N2O4/c23-18(15-9-5-11-26-15)16-17(13-6-4-10-21-12-13)22(20(25)19(16)24)14-7-2-1-3-8-14/h1-12,17,24H/t17-/m0/s1. The number of pyridine rings is 1. The van der Waals surface area contributed by atoms with Gasteiger partial charge in [0.2, 0.25) is 5.78 Å². The van der Waals surface area contributed by atoms with Gasteiger partial charge in [-0.1, -0.05) is 24.3 Å². The molecular formula is C20H14N2O4. The van der Waals surface area contributed by atoms with Crippen molar-refractivity contribution < 1.29 is 19.1 Å². The number of amides is 1. The summed E-state index contributed by atoms with van der Waals surface area (Å²) < 4.78 is 5.18. The lowest BCUT2D eigenvalue weighted by atomic mass is 9.96. The summed E-state index contributed by atoms with van der Waals surface area (Å²) >= 11 is 0. The van der Waals surface area contributed by atoms with Crippen LogP contribution in [-0.4, -0.2) is 21.8 Å². The number of anilines is 1. The summed E-state index contributed by atoms with van der Waals surface area (Å²) in [7, 11) is 0. The topological polar surface area (TPSA) is 83.6 Å². The Morgan fingerprint density at radius 2 is 1.88 bits per heavy atom. The highest BCUT2D eigenvalue weighted by Gasteiger charge is 2.45. The Kier molecular flexibility index (Phi) is 3.85. The van der Waals surface area contributed by atoms with Crippen LogP contribution in [0.2, 0.25) is 0 Å². The number of rotatable bonds is 4. The fraction of sp³-hybridized carbons (Fsp3) is 0.0500. The lowest BCUT2D eigenvalue weighted by Crippen LogP contribution is -2.31. The molecule has 0 unspecified atom stereocenters. The summed E-state index contributed by atoms with van der Waals surface area (Å²) in [4.78, 5) is 31.2. The number of nitrogens with zero attached hydrogens (tertiary/aromatic N) is 2. The van der Waals surface area contributed by atoms with Crippen molar-refractivity contribution in [3.8, 4) is 0 Å². The summed E-state index contributed by atoms with van der Waals surface area (Å²) in [5, 5.41) is 10.5. The number of carbonyl (C=O) groups is 2. The number of Topliss-reactive ketones (excluding diaryl/α,β-unsaturated/α-hetero) is 1. The number of benzene rings is 1. The number of ketones is 1. The number of carbonyl (C=O) groups excluding carboxylic acids is 2. The first-order valence-electron chi connectivity index (χ1n) is 7.98. The molecule has 1 N–H and O–H groups in total. The van der Waals surface area contributed by atoms with E-state index in [1.807, 2.05) is 6.07 Å². The van der Waals surface area contributed by atoms with Gasteiger partial charge in [-0.3, -0.25) is 19.5 Å². The monoisotopic (exact) mass is 346 g/mol. The molecular weight excluding hydrogens is 332 g/mol. The summed E-state index contributed by atoms with van der Waals surface area (Å²) in [5.74, 6) is -1.69. The van der Waals surface area contributed by atoms with Gasteiger partial charge < -0.3 is 9.52 Å². The van der Waals surface area contributed by atoms with E-state index in [-0.39, 0.29) is 11.3 Å². The van der Waals surface area contributed by atoms with E-state index in [0.717, 1.165) is 0 Å². The second-order valence-corrected chi connectivity index (χ2v) is 5.77. The molecule has 1 aliphatic heterocycles. The molecule has 1 aromatic carbocycles. The van der Waals surface area contributed by atoms with Gasteiger partial charge in [-0.2, -0.15) is 0 Å². The van der Waals surface area contributed by atoms with Crippen LogP contribution < -0.4 is 4.90 Å². The van der Waals surface area contributed by atoms with Crippen LogP contribution in [0.25, 0.3) is 0 Å². The van der Waals surface area contributed by atoms with Crippen LogP contribution in [0.4, 0.5) is 5.69 Å². The molecule has 128 valence electrons. The van der Waals surface area contributed by atoms with Gasteiger partial charge in [0.25, 0.3) is 5.91 Å². The molecule has 0 bridgehead atoms. The first-order valence-corrected chi connectivity index (χ1v) is 7.98. The highest BCUT2D eigenvalue weighted by Crippen LogP contribution is 2.41. The minimum atomic E-state index is -0.795. The smallest absolute Gasteiger partial charge is 0.294 e. The number of aliphatic hydroxyl groups excluding tert-OH is 1. The van der Waals surface area contributed by atoms with Crippen LogP contribution in [0.5, 0.6) is 0 Å². The van der Waals surface area contributed by atoms with Gasteiger partial charge >= 0.3 is 0 Å². The second kappa shape index (κ2) is 6.33. The Morgan fingerprint density at radius 3 is 2.54 bits per heavy atom.